The number of fused-ring (bicyclic) bond motifs is 1. The van der Waals surface area contributed by atoms with E-state index in [0.717, 1.165) is 18.7 Å². The summed E-state index contributed by atoms with van der Waals surface area (Å²) in [7, 11) is 0. The fourth-order valence-electron chi connectivity index (χ4n) is 5.95. The van der Waals surface area contributed by atoms with Gasteiger partial charge in [0.1, 0.15) is 11.8 Å². The van der Waals surface area contributed by atoms with E-state index in [1.807, 2.05) is 6.07 Å². The molecule has 0 spiro atoms. The molecule has 2 aromatic rings. The Kier molecular flexibility index (Phi) is 6.44. The fourth-order valence-corrected chi connectivity index (χ4v) is 5.95. The lowest BCUT2D eigenvalue weighted by molar-refractivity contribution is -0.182. The van der Waals surface area contributed by atoms with Crippen LogP contribution in [-0.2, 0) is 34.0 Å². The number of hydrogen-bond donors (Lipinski definition) is 2. The molecule has 5 rings (SSSR count). The van der Waals surface area contributed by atoms with Gasteiger partial charge in [-0.05, 0) is 63.9 Å². The molecule has 38 heavy (non-hydrogen) atoms. The first kappa shape index (κ1) is 25.0. The van der Waals surface area contributed by atoms with E-state index >= 15 is 0 Å². The molecular formula is C29H35FN4O4. The number of piperidine rings is 1. The number of hydrogen-bond acceptors (Lipinski definition) is 6. The fraction of sp³-hybridized carbons (Fsp3) is 0.483. The zero-order valence-electron chi connectivity index (χ0n) is 23.3. The summed E-state index contributed by atoms with van der Waals surface area (Å²) in [5.74, 6) is -1.99. The third-order valence-electron chi connectivity index (χ3n) is 7.14. The van der Waals surface area contributed by atoms with Gasteiger partial charge in [0, 0.05) is 61.5 Å². The smallest absolute Gasteiger partial charge is 0.255 e. The van der Waals surface area contributed by atoms with Gasteiger partial charge in [0.15, 0.2) is 0 Å². The van der Waals surface area contributed by atoms with E-state index in [2.05, 4.69) is 43.2 Å². The van der Waals surface area contributed by atoms with Gasteiger partial charge in [-0.3, -0.25) is 24.6 Å². The monoisotopic (exact) mass is 523 g/mol. The quantitative estimate of drug-likeness (QED) is 0.563. The number of halogens is 1. The van der Waals surface area contributed by atoms with Crippen LogP contribution in [0.3, 0.4) is 0 Å². The Morgan fingerprint density at radius 1 is 1.13 bits per heavy atom. The minimum Gasteiger partial charge on any atom is -0.381 e. The predicted molar refractivity (Wildman–Crippen MR) is 141 cm³/mol. The Balaban J connectivity index is 1.31. The van der Waals surface area contributed by atoms with Gasteiger partial charge in [-0.2, -0.15) is 0 Å². The summed E-state index contributed by atoms with van der Waals surface area (Å²) in [5.41, 5.74) is 2.61. The van der Waals surface area contributed by atoms with Crippen LogP contribution in [0, 0.1) is 5.82 Å². The van der Waals surface area contributed by atoms with Crippen LogP contribution in [0.5, 0.6) is 0 Å². The second kappa shape index (κ2) is 9.78. The van der Waals surface area contributed by atoms with Crippen LogP contribution in [0.4, 0.5) is 10.1 Å². The summed E-state index contributed by atoms with van der Waals surface area (Å²) in [6.07, 6.45) is -0.0643. The van der Waals surface area contributed by atoms with E-state index in [0.29, 0.717) is 28.9 Å². The van der Waals surface area contributed by atoms with Gasteiger partial charge in [0.05, 0.1) is 12.6 Å². The minimum absolute atomic E-state index is 0.00443. The summed E-state index contributed by atoms with van der Waals surface area (Å²) in [6.45, 7) is 10.8. The number of benzene rings is 2. The highest BCUT2D eigenvalue weighted by atomic mass is 19.1. The second-order valence-corrected chi connectivity index (χ2v) is 11.6. The van der Waals surface area contributed by atoms with Crippen molar-refractivity contribution in [3.8, 4) is 0 Å². The standard InChI is InChI=1S/C29H35FN4O4/c1-28(2)16-33(17-29(3,4)38-28)14-18-8-9-22(30)19(12-18)13-31-23-7-5-6-20-21(23)15-34(27(20)37)24-10-11-25(35)32-26(24)36/h5-9,12,24,31H,10-11,13-17H2,1-4H3,(H,32,35,36)/t24-/m0/s1/i24D. The molecule has 3 amide bonds. The third kappa shape index (κ3) is 5.44. The average Bonchev–Trinajstić information content (AvgIpc) is 3.18. The molecule has 0 saturated carbocycles. The molecule has 3 heterocycles. The second-order valence-electron chi connectivity index (χ2n) is 11.6. The van der Waals surface area contributed by atoms with Crippen molar-refractivity contribution in [3.63, 3.8) is 0 Å². The zero-order chi connectivity index (χ0) is 28.2. The molecular weight excluding hydrogens is 487 g/mol. The van der Waals surface area contributed by atoms with E-state index in [4.69, 9.17) is 6.11 Å². The first-order chi connectivity index (χ1) is 18.3. The molecule has 202 valence electrons. The van der Waals surface area contributed by atoms with Gasteiger partial charge in [-0.25, -0.2) is 4.39 Å². The molecule has 2 aromatic carbocycles. The Labute approximate surface area is 223 Å². The summed E-state index contributed by atoms with van der Waals surface area (Å²) in [5, 5.41) is 5.44. The largest absolute Gasteiger partial charge is 0.381 e. The summed E-state index contributed by atoms with van der Waals surface area (Å²) < 4.78 is 29.7. The highest BCUT2D eigenvalue weighted by Crippen LogP contribution is 2.33. The number of morpholine rings is 1. The molecule has 0 radical (unpaired) electrons. The SMILES string of the molecule is [2H][C@]1(N2Cc3c(NCc4cc(CN5CC(C)(C)OC(C)(C)C5)ccc4F)cccc3C2=O)CCC(=O)NC1=O. The van der Waals surface area contributed by atoms with Crippen LogP contribution in [0.25, 0.3) is 0 Å². The molecule has 2 N–H and O–H groups in total. The maximum atomic E-state index is 14.8. The van der Waals surface area contributed by atoms with E-state index in [1.54, 1.807) is 24.3 Å². The summed E-state index contributed by atoms with van der Waals surface area (Å²) in [6, 6.07) is 8.47. The predicted octanol–water partition coefficient (Wildman–Crippen LogP) is 3.59. The van der Waals surface area contributed by atoms with Crippen molar-refractivity contribution < 1.29 is 24.9 Å². The zero-order valence-corrected chi connectivity index (χ0v) is 22.3. The molecule has 2 fully saturated rings. The van der Waals surface area contributed by atoms with Gasteiger partial charge in [0.2, 0.25) is 11.8 Å². The Hall–Kier alpha value is -3.30. The third-order valence-corrected chi connectivity index (χ3v) is 7.14. The van der Waals surface area contributed by atoms with Gasteiger partial charge >= 0.3 is 0 Å². The van der Waals surface area contributed by atoms with Gasteiger partial charge in [-0.1, -0.05) is 12.1 Å². The average molecular weight is 524 g/mol. The van der Waals surface area contributed by atoms with Crippen molar-refractivity contribution in [3.05, 3.63) is 64.5 Å². The van der Waals surface area contributed by atoms with Crippen molar-refractivity contribution in [2.24, 2.45) is 0 Å². The summed E-state index contributed by atoms with van der Waals surface area (Å²) in [4.78, 5) is 40.8. The lowest BCUT2D eigenvalue weighted by atomic mass is 9.98. The Morgan fingerprint density at radius 2 is 1.87 bits per heavy atom. The first-order valence-corrected chi connectivity index (χ1v) is 13.0. The van der Waals surface area contributed by atoms with E-state index in [-0.39, 0.29) is 43.0 Å². The molecule has 9 heteroatoms. The molecule has 0 aromatic heterocycles. The van der Waals surface area contributed by atoms with E-state index in [1.165, 1.54) is 11.0 Å². The number of carbonyl (C=O) groups excluding carboxylic acids is 3. The normalized spacial score (nSPS) is 25.1. The maximum absolute atomic E-state index is 14.8. The Bertz CT molecular complexity index is 1330. The van der Waals surface area contributed by atoms with Gasteiger partial charge < -0.3 is 15.0 Å². The van der Waals surface area contributed by atoms with E-state index < -0.39 is 23.7 Å². The molecule has 2 saturated heterocycles. The molecule has 8 nitrogen and oxygen atoms in total. The highest BCUT2D eigenvalue weighted by Gasteiger charge is 2.40. The lowest BCUT2D eigenvalue weighted by Gasteiger charge is -2.47. The number of ether oxygens (including phenoxy) is 1. The molecule has 0 bridgehead atoms. The van der Waals surface area contributed by atoms with Gasteiger partial charge in [0.25, 0.3) is 5.91 Å². The molecule has 0 aliphatic carbocycles. The minimum atomic E-state index is -1.86. The molecule has 3 aliphatic rings. The number of rotatable bonds is 6. The topological polar surface area (TPSA) is 91.0 Å². The van der Waals surface area contributed by atoms with Crippen LogP contribution in [0.1, 0.15) is 69.0 Å². The van der Waals surface area contributed by atoms with Crippen molar-refractivity contribution in [1.82, 2.24) is 15.1 Å². The number of carbonyl (C=O) groups is 3. The molecule has 0 unspecified atom stereocenters. The van der Waals surface area contributed by atoms with Crippen LogP contribution in [0.15, 0.2) is 36.4 Å². The van der Waals surface area contributed by atoms with Gasteiger partial charge in [-0.15, -0.1) is 0 Å². The Morgan fingerprint density at radius 3 is 2.58 bits per heavy atom. The molecule has 1 atom stereocenters. The summed E-state index contributed by atoms with van der Waals surface area (Å²) >= 11 is 0. The highest BCUT2D eigenvalue weighted by molar-refractivity contribution is 6.06. The van der Waals surface area contributed by atoms with Crippen molar-refractivity contribution in [1.29, 1.82) is 0 Å². The van der Waals surface area contributed by atoms with Crippen molar-refractivity contribution >= 4 is 23.4 Å². The number of amides is 3. The number of anilines is 1. The number of nitrogens with zero attached hydrogens (tertiary/aromatic N) is 2. The van der Waals surface area contributed by atoms with Crippen molar-refractivity contribution in [2.45, 2.75) is 77.4 Å². The van der Waals surface area contributed by atoms with Crippen LogP contribution >= 0.6 is 0 Å². The van der Waals surface area contributed by atoms with Crippen LogP contribution < -0.4 is 10.6 Å². The van der Waals surface area contributed by atoms with E-state index in [9.17, 15) is 18.8 Å². The maximum Gasteiger partial charge on any atom is 0.255 e. The molecule has 3 aliphatic heterocycles. The first-order valence-electron chi connectivity index (χ1n) is 13.5. The van der Waals surface area contributed by atoms with Crippen LogP contribution in [0.2, 0.25) is 0 Å². The lowest BCUT2D eigenvalue weighted by Crippen LogP contribution is -2.56. The van der Waals surface area contributed by atoms with Crippen molar-refractivity contribution in [2.75, 3.05) is 18.4 Å². The van der Waals surface area contributed by atoms with Crippen LogP contribution in [-0.4, -0.2) is 57.8 Å². The number of imide groups is 1. The number of nitrogens with one attached hydrogen (secondary N) is 2.